The Labute approximate surface area is 129 Å². The fourth-order valence-corrected chi connectivity index (χ4v) is 2.66. The van der Waals surface area contributed by atoms with Crippen LogP contribution in [-0.2, 0) is 19.3 Å². The Morgan fingerprint density at radius 2 is 1.33 bits per heavy atom. The summed E-state index contributed by atoms with van der Waals surface area (Å²) < 4.78 is 0. The SMILES string of the molecule is CCCNC(Cc1ccccc1)Cc1ccc(CC)cc1. The van der Waals surface area contributed by atoms with Gasteiger partial charge < -0.3 is 5.32 Å². The van der Waals surface area contributed by atoms with Crippen LogP contribution in [0.4, 0.5) is 0 Å². The van der Waals surface area contributed by atoms with Gasteiger partial charge in [-0.1, -0.05) is 68.4 Å². The minimum absolute atomic E-state index is 0.514. The van der Waals surface area contributed by atoms with E-state index in [9.17, 15) is 0 Å². The van der Waals surface area contributed by atoms with E-state index in [0.717, 1.165) is 25.8 Å². The van der Waals surface area contributed by atoms with Gasteiger partial charge in [0, 0.05) is 6.04 Å². The lowest BCUT2D eigenvalue weighted by Gasteiger charge is -2.19. The lowest BCUT2D eigenvalue weighted by atomic mass is 9.98. The maximum Gasteiger partial charge on any atom is 0.0148 e. The van der Waals surface area contributed by atoms with E-state index in [0.29, 0.717) is 6.04 Å². The lowest BCUT2D eigenvalue weighted by Crippen LogP contribution is -2.33. The highest BCUT2D eigenvalue weighted by Crippen LogP contribution is 2.11. The molecule has 0 aliphatic heterocycles. The van der Waals surface area contributed by atoms with Crippen LogP contribution < -0.4 is 5.32 Å². The van der Waals surface area contributed by atoms with Crippen LogP contribution in [0.25, 0.3) is 0 Å². The molecule has 1 unspecified atom stereocenters. The van der Waals surface area contributed by atoms with Crippen molar-refractivity contribution in [2.24, 2.45) is 0 Å². The van der Waals surface area contributed by atoms with Crippen LogP contribution in [0.3, 0.4) is 0 Å². The number of aryl methyl sites for hydroxylation is 1. The Morgan fingerprint density at radius 1 is 0.762 bits per heavy atom. The fraction of sp³-hybridized carbons (Fsp3) is 0.400. The Bertz CT molecular complexity index is 501. The van der Waals surface area contributed by atoms with Gasteiger partial charge >= 0.3 is 0 Å². The van der Waals surface area contributed by atoms with E-state index in [-0.39, 0.29) is 0 Å². The molecule has 1 atom stereocenters. The van der Waals surface area contributed by atoms with Crippen molar-refractivity contribution in [3.63, 3.8) is 0 Å². The minimum Gasteiger partial charge on any atom is -0.313 e. The first-order valence-electron chi connectivity index (χ1n) is 8.17. The molecule has 0 aliphatic rings. The Balaban J connectivity index is 2.00. The van der Waals surface area contributed by atoms with Gasteiger partial charge in [0.05, 0.1) is 0 Å². The highest BCUT2D eigenvalue weighted by atomic mass is 14.9. The van der Waals surface area contributed by atoms with Gasteiger partial charge in [-0.3, -0.25) is 0 Å². The zero-order valence-electron chi connectivity index (χ0n) is 13.3. The first kappa shape index (κ1) is 15.8. The van der Waals surface area contributed by atoms with Crippen molar-refractivity contribution in [1.29, 1.82) is 0 Å². The van der Waals surface area contributed by atoms with E-state index >= 15 is 0 Å². The zero-order chi connectivity index (χ0) is 14.9. The second kappa shape index (κ2) is 8.63. The molecule has 1 N–H and O–H groups in total. The number of hydrogen-bond acceptors (Lipinski definition) is 1. The van der Waals surface area contributed by atoms with E-state index in [4.69, 9.17) is 0 Å². The van der Waals surface area contributed by atoms with Crippen LogP contribution in [0.1, 0.15) is 37.0 Å². The molecule has 0 bridgehead atoms. The topological polar surface area (TPSA) is 12.0 Å². The van der Waals surface area contributed by atoms with Crippen LogP contribution in [0, 0.1) is 0 Å². The van der Waals surface area contributed by atoms with Crippen molar-refractivity contribution in [3.05, 3.63) is 71.3 Å². The molecular formula is C20H27N. The molecule has 0 spiro atoms. The highest BCUT2D eigenvalue weighted by molar-refractivity contribution is 5.24. The molecule has 0 aromatic heterocycles. The molecule has 0 amide bonds. The molecule has 0 heterocycles. The third-order valence-electron chi connectivity index (χ3n) is 3.92. The third kappa shape index (κ3) is 5.35. The predicted molar refractivity (Wildman–Crippen MR) is 91.8 cm³/mol. The van der Waals surface area contributed by atoms with Gasteiger partial charge in [-0.05, 0) is 48.9 Å². The number of hydrogen-bond donors (Lipinski definition) is 1. The first-order chi connectivity index (χ1) is 10.3. The molecule has 2 rings (SSSR count). The van der Waals surface area contributed by atoms with E-state index in [1.165, 1.54) is 23.1 Å². The van der Waals surface area contributed by atoms with Crippen LogP contribution in [-0.4, -0.2) is 12.6 Å². The van der Waals surface area contributed by atoms with Gasteiger partial charge in [0.2, 0.25) is 0 Å². The second-order valence-electron chi connectivity index (χ2n) is 5.71. The van der Waals surface area contributed by atoms with Gasteiger partial charge in [-0.2, -0.15) is 0 Å². The maximum absolute atomic E-state index is 3.69. The summed E-state index contributed by atoms with van der Waals surface area (Å²) in [5.74, 6) is 0. The highest BCUT2D eigenvalue weighted by Gasteiger charge is 2.09. The molecule has 0 radical (unpaired) electrons. The maximum atomic E-state index is 3.69. The monoisotopic (exact) mass is 281 g/mol. The Hall–Kier alpha value is -1.60. The van der Waals surface area contributed by atoms with E-state index in [2.05, 4.69) is 73.8 Å². The van der Waals surface area contributed by atoms with Crippen molar-refractivity contribution in [2.75, 3.05) is 6.54 Å². The summed E-state index contributed by atoms with van der Waals surface area (Å²) in [6, 6.07) is 20.4. The van der Waals surface area contributed by atoms with Crippen molar-refractivity contribution in [3.8, 4) is 0 Å². The normalized spacial score (nSPS) is 12.3. The Morgan fingerprint density at radius 3 is 1.90 bits per heavy atom. The van der Waals surface area contributed by atoms with Crippen LogP contribution >= 0.6 is 0 Å². The van der Waals surface area contributed by atoms with Gasteiger partial charge in [-0.25, -0.2) is 0 Å². The zero-order valence-corrected chi connectivity index (χ0v) is 13.3. The van der Waals surface area contributed by atoms with Gasteiger partial charge in [0.25, 0.3) is 0 Å². The third-order valence-corrected chi connectivity index (χ3v) is 3.92. The summed E-state index contributed by atoms with van der Waals surface area (Å²) in [4.78, 5) is 0. The van der Waals surface area contributed by atoms with Crippen LogP contribution in [0.5, 0.6) is 0 Å². The summed E-state index contributed by atoms with van der Waals surface area (Å²) in [6.45, 7) is 5.52. The summed E-state index contributed by atoms with van der Waals surface area (Å²) in [6.07, 6.45) is 4.48. The molecule has 2 aromatic rings. The molecule has 1 nitrogen and oxygen atoms in total. The fourth-order valence-electron chi connectivity index (χ4n) is 2.66. The number of nitrogens with one attached hydrogen (secondary N) is 1. The van der Waals surface area contributed by atoms with Crippen LogP contribution in [0.15, 0.2) is 54.6 Å². The largest absolute Gasteiger partial charge is 0.313 e. The first-order valence-corrected chi connectivity index (χ1v) is 8.17. The van der Waals surface area contributed by atoms with Gasteiger partial charge in [0.15, 0.2) is 0 Å². The standard InChI is InChI=1S/C20H27N/c1-3-14-21-20(15-18-8-6-5-7-9-18)16-19-12-10-17(4-2)11-13-19/h5-13,20-21H,3-4,14-16H2,1-2H3. The molecule has 1 heteroatoms. The van der Waals surface area contributed by atoms with Crippen molar-refractivity contribution >= 4 is 0 Å². The van der Waals surface area contributed by atoms with Gasteiger partial charge in [0.1, 0.15) is 0 Å². The summed E-state index contributed by atoms with van der Waals surface area (Å²) in [5.41, 5.74) is 4.26. The van der Waals surface area contributed by atoms with E-state index < -0.39 is 0 Å². The molecule has 0 saturated carbocycles. The molecular weight excluding hydrogens is 254 g/mol. The van der Waals surface area contributed by atoms with E-state index in [1.54, 1.807) is 0 Å². The molecule has 2 aromatic carbocycles. The van der Waals surface area contributed by atoms with Crippen molar-refractivity contribution in [2.45, 2.75) is 45.6 Å². The lowest BCUT2D eigenvalue weighted by molar-refractivity contribution is 0.505. The predicted octanol–water partition coefficient (Wildman–Crippen LogP) is 4.40. The average Bonchev–Trinajstić information content (AvgIpc) is 2.54. The molecule has 21 heavy (non-hydrogen) atoms. The molecule has 112 valence electrons. The smallest absolute Gasteiger partial charge is 0.0148 e. The molecule has 0 fully saturated rings. The van der Waals surface area contributed by atoms with Crippen LogP contribution in [0.2, 0.25) is 0 Å². The van der Waals surface area contributed by atoms with E-state index in [1.807, 2.05) is 0 Å². The Kier molecular flexibility index (Phi) is 6.49. The molecule has 0 saturated heterocycles. The second-order valence-corrected chi connectivity index (χ2v) is 5.71. The van der Waals surface area contributed by atoms with Crippen molar-refractivity contribution < 1.29 is 0 Å². The van der Waals surface area contributed by atoms with Gasteiger partial charge in [-0.15, -0.1) is 0 Å². The summed E-state index contributed by atoms with van der Waals surface area (Å²) in [7, 11) is 0. The summed E-state index contributed by atoms with van der Waals surface area (Å²) >= 11 is 0. The molecule has 0 aliphatic carbocycles. The average molecular weight is 281 g/mol. The summed E-state index contributed by atoms with van der Waals surface area (Å²) in [5, 5.41) is 3.69. The number of rotatable bonds is 8. The number of benzene rings is 2. The quantitative estimate of drug-likeness (QED) is 0.756. The van der Waals surface area contributed by atoms with Crippen molar-refractivity contribution in [1.82, 2.24) is 5.32 Å². The minimum atomic E-state index is 0.514.